The van der Waals surface area contributed by atoms with Crippen molar-refractivity contribution in [2.24, 2.45) is 0 Å². The molecule has 0 fully saturated rings. The number of fused-ring (bicyclic) bond motifs is 1. The number of nitrogens with zero attached hydrogens (tertiary/aromatic N) is 2. The fraction of sp³-hybridized carbons (Fsp3) is 0.250. The summed E-state index contributed by atoms with van der Waals surface area (Å²) in [6.45, 7) is 5.54. The third-order valence-electron chi connectivity index (χ3n) is 4.95. The summed E-state index contributed by atoms with van der Waals surface area (Å²) in [5.74, 6) is -0.914. The standard InChI is InChI=1S/C24H28N4O4S/c1-16(2)25-24(30)21(26-23(29)18-12-10-17(3)11-13-18)14-19-15-28(33(31,32)27(4)5)22-9-7-6-8-20(19)22/h6-16H,1-5H3,(H,25,30)(H,26,29)/b21-14-. The van der Waals surface area contributed by atoms with Crippen molar-refractivity contribution in [3.05, 3.63) is 77.1 Å². The SMILES string of the molecule is Cc1ccc(C(=O)N/C(=C\c2cn(S(=O)(=O)N(C)C)c3ccccc23)C(=O)NC(C)C)cc1. The predicted molar refractivity (Wildman–Crippen MR) is 130 cm³/mol. The van der Waals surface area contributed by atoms with Crippen molar-refractivity contribution < 1.29 is 18.0 Å². The van der Waals surface area contributed by atoms with Crippen LogP contribution in [-0.4, -0.2) is 48.6 Å². The first-order chi connectivity index (χ1) is 15.5. The summed E-state index contributed by atoms with van der Waals surface area (Å²) in [5, 5.41) is 6.09. The summed E-state index contributed by atoms with van der Waals surface area (Å²) in [4.78, 5) is 25.7. The molecule has 0 unspecified atom stereocenters. The zero-order valence-corrected chi connectivity index (χ0v) is 20.1. The summed E-state index contributed by atoms with van der Waals surface area (Å²) < 4.78 is 27.9. The molecular weight excluding hydrogens is 440 g/mol. The molecular formula is C24H28N4O4S. The minimum Gasteiger partial charge on any atom is -0.349 e. The number of carbonyl (C=O) groups excluding carboxylic acids is 2. The van der Waals surface area contributed by atoms with Gasteiger partial charge in [-0.1, -0.05) is 35.9 Å². The number of carbonyl (C=O) groups is 2. The maximum atomic E-state index is 12.9. The number of para-hydroxylation sites is 1. The van der Waals surface area contributed by atoms with Crippen LogP contribution in [0.25, 0.3) is 17.0 Å². The lowest BCUT2D eigenvalue weighted by Crippen LogP contribution is -2.38. The summed E-state index contributed by atoms with van der Waals surface area (Å²) in [7, 11) is -0.900. The molecule has 0 aliphatic carbocycles. The Hall–Kier alpha value is -3.43. The van der Waals surface area contributed by atoms with E-state index >= 15 is 0 Å². The smallest absolute Gasteiger partial charge is 0.307 e. The Morgan fingerprint density at radius 2 is 1.67 bits per heavy atom. The van der Waals surface area contributed by atoms with Crippen LogP contribution in [0.4, 0.5) is 0 Å². The van der Waals surface area contributed by atoms with E-state index < -0.39 is 22.0 Å². The number of amides is 2. The maximum absolute atomic E-state index is 12.9. The Morgan fingerprint density at radius 3 is 2.27 bits per heavy atom. The highest BCUT2D eigenvalue weighted by Crippen LogP contribution is 2.25. The summed E-state index contributed by atoms with van der Waals surface area (Å²) in [6.07, 6.45) is 2.94. The number of benzene rings is 2. The van der Waals surface area contributed by atoms with E-state index in [2.05, 4.69) is 10.6 Å². The third-order valence-corrected chi connectivity index (χ3v) is 6.67. The molecule has 0 radical (unpaired) electrons. The van der Waals surface area contributed by atoms with Gasteiger partial charge in [-0.2, -0.15) is 12.7 Å². The van der Waals surface area contributed by atoms with E-state index in [0.717, 1.165) is 13.8 Å². The third kappa shape index (κ3) is 5.32. The van der Waals surface area contributed by atoms with Gasteiger partial charge in [-0.05, 0) is 45.0 Å². The van der Waals surface area contributed by atoms with Crippen LogP contribution in [0.5, 0.6) is 0 Å². The van der Waals surface area contributed by atoms with Gasteiger partial charge in [-0.25, -0.2) is 3.97 Å². The maximum Gasteiger partial charge on any atom is 0.307 e. The van der Waals surface area contributed by atoms with Crippen molar-refractivity contribution in [1.82, 2.24) is 18.9 Å². The van der Waals surface area contributed by atoms with E-state index in [-0.39, 0.29) is 11.7 Å². The number of aryl methyl sites for hydroxylation is 1. The van der Waals surface area contributed by atoms with Crippen molar-refractivity contribution in [3.8, 4) is 0 Å². The zero-order chi connectivity index (χ0) is 24.3. The molecule has 2 N–H and O–H groups in total. The van der Waals surface area contributed by atoms with Gasteiger partial charge in [0.1, 0.15) is 5.70 Å². The molecule has 2 amide bonds. The highest BCUT2D eigenvalue weighted by atomic mass is 32.2. The second-order valence-electron chi connectivity index (χ2n) is 8.19. The van der Waals surface area contributed by atoms with Gasteiger partial charge < -0.3 is 10.6 Å². The van der Waals surface area contributed by atoms with Crippen molar-refractivity contribution in [1.29, 1.82) is 0 Å². The van der Waals surface area contributed by atoms with Crippen LogP contribution in [0.1, 0.15) is 35.3 Å². The number of nitrogens with one attached hydrogen (secondary N) is 2. The summed E-state index contributed by atoms with van der Waals surface area (Å²) in [6, 6.07) is 13.8. The second kappa shape index (κ2) is 9.60. The van der Waals surface area contributed by atoms with Crippen molar-refractivity contribution >= 4 is 39.0 Å². The fourth-order valence-electron chi connectivity index (χ4n) is 3.21. The highest BCUT2D eigenvalue weighted by molar-refractivity contribution is 7.87. The van der Waals surface area contributed by atoms with Crippen LogP contribution >= 0.6 is 0 Å². The van der Waals surface area contributed by atoms with Crippen molar-refractivity contribution in [2.45, 2.75) is 26.8 Å². The van der Waals surface area contributed by atoms with Gasteiger partial charge in [0.15, 0.2) is 0 Å². The van der Waals surface area contributed by atoms with Gasteiger partial charge in [0.2, 0.25) is 0 Å². The van der Waals surface area contributed by atoms with E-state index in [1.165, 1.54) is 26.4 Å². The monoisotopic (exact) mass is 468 g/mol. The lowest BCUT2D eigenvalue weighted by atomic mass is 10.1. The van der Waals surface area contributed by atoms with E-state index in [1.807, 2.05) is 32.9 Å². The molecule has 0 saturated heterocycles. The second-order valence-corrected chi connectivity index (χ2v) is 10.2. The van der Waals surface area contributed by atoms with Crippen LogP contribution in [0, 0.1) is 6.92 Å². The van der Waals surface area contributed by atoms with Crippen LogP contribution in [0.15, 0.2) is 60.4 Å². The average Bonchev–Trinajstić information content (AvgIpc) is 3.12. The normalized spacial score (nSPS) is 12.4. The first-order valence-electron chi connectivity index (χ1n) is 10.4. The predicted octanol–water partition coefficient (Wildman–Crippen LogP) is 2.90. The Morgan fingerprint density at radius 1 is 1.03 bits per heavy atom. The summed E-state index contributed by atoms with van der Waals surface area (Å²) in [5.41, 5.74) is 2.37. The molecule has 8 nitrogen and oxygen atoms in total. The molecule has 0 aliphatic rings. The molecule has 0 saturated carbocycles. The first-order valence-corrected chi connectivity index (χ1v) is 11.8. The lowest BCUT2D eigenvalue weighted by molar-refractivity contribution is -0.118. The van der Waals surface area contributed by atoms with E-state index in [9.17, 15) is 18.0 Å². The largest absolute Gasteiger partial charge is 0.349 e. The van der Waals surface area contributed by atoms with E-state index in [0.29, 0.717) is 22.0 Å². The Kier molecular flexibility index (Phi) is 7.04. The molecule has 9 heteroatoms. The Bertz CT molecular complexity index is 1320. The summed E-state index contributed by atoms with van der Waals surface area (Å²) >= 11 is 0. The van der Waals surface area contributed by atoms with Gasteiger partial charge in [0.05, 0.1) is 5.52 Å². The van der Waals surface area contributed by atoms with Gasteiger partial charge in [-0.15, -0.1) is 0 Å². The highest BCUT2D eigenvalue weighted by Gasteiger charge is 2.22. The van der Waals surface area contributed by atoms with Crippen LogP contribution < -0.4 is 10.6 Å². The van der Waals surface area contributed by atoms with Crippen LogP contribution in [-0.2, 0) is 15.0 Å². The lowest BCUT2D eigenvalue weighted by Gasteiger charge is -2.13. The molecule has 0 spiro atoms. The number of hydrogen-bond acceptors (Lipinski definition) is 4. The van der Waals surface area contributed by atoms with Crippen molar-refractivity contribution in [2.75, 3.05) is 14.1 Å². The van der Waals surface area contributed by atoms with Crippen molar-refractivity contribution in [3.63, 3.8) is 0 Å². The zero-order valence-electron chi connectivity index (χ0n) is 19.3. The minimum absolute atomic E-state index is 0.0134. The number of aromatic nitrogens is 1. The molecule has 0 bridgehead atoms. The van der Waals surface area contributed by atoms with E-state index in [4.69, 9.17) is 0 Å². The van der Waals surface area contributed by atoms with Gasteiger partial charge in [0, 0.05) is 42.8 Å². The molecule has 0 atom stereocenters. The Balaban J connectivity index is 2.11. The molecule has 33 heavy (non-hydrogen) atoms. The Labute approximate surface area is 194 Å². The molecule has 3 rings (SSSR count). The average molecular weight is 469 g/mol. The van der Waals surface area contributed by atoms with Crippen LogP contribution in [0.2, 0.25) is 0 Å². The molecule has 3 aromatic rings. The topological polar surface area (TPSA) is 101 Å². The molecule has 174 valence electrons. The first kappa shape index (κ1) is 24.2. The van der Waals surface area contributed by atoms with Crippen LogP contribution in [0.3, 0.4) is 0 Å². The van der Waals surface area contributed by atoms with E-state index in [1.54, 1.807) is 36.4 Å². The van der Waals surface area contributed by atoms with Gasteiger partial charge in [0.25, 0.3) is 11.8 Å². The van der Waals surface area contributed by atoms with Gasteiger partial charge >= 0.3 is 10.2 Å². The fourth-order valence-corrected chi connectivity index (χ4v) is 4.22. The number of hydrogen-bond donors (Lipinski definition) is 2. The quantitative estimate of drug-likeness (QED) is 0.521. The number of rotatable bonds is 7. The molecule has 1 aromatic heterocycles. The minimum atomic E-state index is -3.79. The van der Waals surface area contributed by atoms with Gasteiger partial charge in [-0.3, -0.25) is 9.59 Å². The molecule has 0 aliphatic heterocycles. The molecule has 1 heterocycles. The molecule has 2 aromatic carbocycles.